The summed E-state index contributed by atoms with van der Waals surface area (Å²) in [7, 11) is 0. The van der Waals surface area contributed by atoms with Gasteiger partial charge in [-0.15, -0.1) is 0 Å². The van der Waals surface area contributed by atoms with Crippen molar-refractivity contribution >= 4 is 5.91 Å². The smallest absolute Gasteiger partial charge is 0.251 e. The third-order valence-corrected chi connectivity index (χ3v) is 3.44. The van der Waals surface area contributed by atoms with Gasteiger partial charge in [0.1, 0.15) is 0 Å². The van der Waals surface area contributed by atoms with Crippen LogP contribution in [0.15, 0.2) is 48.5 Å². The summed E-state index contributed by atoms with van der Waals surface area (Å²) >= 11 is 0. The molecule has 0 radical (unpaired) electrons. The highest BCUT2D eigenvalue weighted by atomic mass is 19.2. The molecule has 0 saturated heterocycles. The van der Waals surface area contributed by atoms with Gasteiger partial charge in [-0.25, -0.2) is 8.78 Å². The fourth-order valence-electron chi connectivity index (χ4n) is 2.22. The Hall–Kier alpha value is -2.27. The minimum Gasteiger partial charge on any atom is -0.396 e. The number of carbonyl (C=O) groups excluding carboxylic acids is 1. The molecule has 3 nitrogen and oxygen atoms in total. The quantitative estimate of drug-likeness (QED) is 0.862. The molecule has 0 bridgehead atoms. The predicted molar refractivity (Wildman–Crippen MR) is 79.6 cm³/mol. The standard InChI is InChI=1S/C17H17F2NO2/c18-15-7-6-13(10-16(15)19)17(22)20-11-14(8-9-21)12-4-2-1-3-5-12/h1-7,10,14,21H,8-9,11H2,(H,20,22). The third-order valence-electron chi connectivity index (χ3n) is 3.44. The van der Waals surface area contributed by atoms with E-state index in [1.165, 1.54) is 6.07 Å². The monoisotopic (exact) mass is 305 g/mol. The van der Waals surface area contributed by atoms with Gasteiger partial charge in [-0.1, -0.05) is 30.3 Å². The van der Waals surface area contributed by atoms with Crippen molar-refractivity contribution in [1.29, 1.82) is 0 Å². The van der Waals surface area contributed by atoms with Crippen LogP contribution in [0.1, 0.15) is 28.3 Å². The molecule has 0 heterocycles. The van der Waals surface area contributed by atoms with Crippen LogP contribution in [-0.2, 0) is 0 Å². The van der Waals surface area contributed by atoms with Crippen molar-refractivity contribution in [2.45, 2.75) is 12.3 Å². The number of aliphatic hydroxyl groups is 1. The van der Waals surface area contributed by atoms with E-state index in [1.54, 1.807) is 0 Å². The second-order valence-electron chi connectivity index (χ2n) is 4.96. The van der Waals surface area contributed by atoms with Crippen molar-refractivity contribution in [2.24, 2.45) is 0 Å². The number of rotatable bonds is 6. The Morgan fingerprint density at radius 1 is 1.09 bits per heavy atom. The Morgan fingerprint density at radius 3 is 2.45 bits per heavy atom. The van der Waals surface area contributed by atoms with E-state index in [2.05, 4.69) is 5.32 Å². The number of benzene rings is 2. The molecule has 0 aromatic heterocycles. The zero-order chi connectivity index (χ0) is 15.9. The minimum atomic E-state index is -1.05. The molecule has 0 aliphatic carbocycles. The average Bonchev–Trinajstić information content (AvgIpc) is 2.54. The minimum absolute atomic E-state index is 0.000603. The zero-order valence-corrected chi connectivity index (χ0v) is 11.9. The third kappa shape index (κ3) is 4.11. The fourth-order valence-corrected chi connectivity index (χ4v) is 2.22. The molecular weight excluding hydrogens is 288 g/mol. The van der Waals surface area contributed by atoms with Crippen LogP contribution in [0.2, 0.25) is 0 Å². The molecule has 2 aromatic rings. The lowest BCUT2D eigenvalue weighted by molar-refractivity contribution is 0.0948. The van der Waals surface area contributed by atoms with Crippen molar-refractivity contribution < 1.29 is 18.7 Å². The van der Waals surface area contributed by atoms with Crippen molar-refractivity contribution in [3.05, 3.63) is 71.3 Å². The highest BCUT2D eigenvalue weighted by Gasteiger charge is 2.14. The van der Waals surface area contributed by atoms with Crippen LogP contribution < -0.4 is 5.32 Å². The summed E-state index contributed by atoms with van der Waals surface area (Å²) in [4.78, 5) is 12.0. The SMILES string of the molecule is O=C(NCC(CCO)c1ccccc1)c1ccc(F)c(F)c1. The maximum atomic E-state index is 13.1. The molecule has 22 heavy (non-hydrogen) atoms. The van der Waals surface area contributed by atoms with Gasteiger partial charge in [0.05, 0.1) is 0 Å². The van der Waals surface area contributed by atoms with Crippen molar-refractivity contribution in [3.8, 4) is 0 Å². The first-order valence-electron chi connectivity index (χ1n) is 7.01. The summed E-state index contributed by atoms with van der Waals surface area (Å²) in [5.41, 5.74) is 1.07. The van der Waals surface area contributed by atoms with Gasteiger partial charge in [0.15, 0.2) is 11.6 Å². The summed E-state index contributed by atoms with van der Waals surface area (Å²) in [6.45, 7) is 0.309. The molecule has 1 atom stereocenters. The molecule has 1 amide bonds. The fraction of sp³-hybridized carbons (Fsp3) is 0.235. The van der Waals surface area contributed by atoms with E-state index in [9.17, 15) is 13.6 Å². The number of hydrogen-bond donors (Lipinski definition) is 2. The van der Waals surface area contributed by atoms with Crippen molar-refractivity contribution in [1.82, 2.24) is 5.32 Å². The lowest BCUT2D eigenvalue weighted by atomic mass is 9.96. The lowest BCUT2D eigenvalue weighted by Gasteiger charge is -2.17. The maximum Gasteiger partial charge on any atom is 0.251 e. The van der Waals surface area contributed by atoms with Gasteiger partial charge in [0.25, 0.3) is 5.91 Å². The van der Waals surface area contributed by atoms with E-state index in [0.29, 0.717) is 13.0 Å². The maximum absolute atomic E-state index is 13.1. The average molecular weight is 305 g/mol. The predicted octanol–water partition coefficient (Wildman–Crippen LogP) is 2.86. The first-order valence-corrected chi connectivity index (χ1v) is 7.01. The van der Waals surface area contributed by atoms with Crippen LogP contribution in [0.5, 0.6) is 0 Å². The lowest BCUT2D eigenvalue weighted by Crippen LogP contribution is -2.29. The molecule has 0 spiro atoms. The van der Waals surface area contributed by atoms with Gasteiger partial charge in [0, 0.05) is 24.6 Å². The Labute approximate surface area is 127 Å². The summed E-state index contributed by atoms with van der Waals surface area (Å²) in [6, 6.07) is 12.5. The van der Waals surface area contributed by atoms with E-state index < -0.39 is 17.5 Å². The summed E-state index contributed by atoms with van der Waals surface area (Å²) < 4.78 is 26.0. The Morgan fingerprint density at radius 2 is 1.82 bits per heavy atom. The van der Waals surface area contributed by atoms with E-state index >= 15 is 0 Å². The Balaban J connectivity index is 2.02. The molecule has 2 rings (SSSR count). The van der Waals surface area contributed by atoms with E-state index in [4.69, 9.17) is 5.11 Å². The largest absolute Gasteiger partial charge is 0.396 e. The molecule has 0 aliphatic heterocycles. The van der Waals surface area contributed by atoms with Gasteiger partial charge >= 0.3 is 0 Å². The number of amides is 1. The van der Waals surface area contributed by atoms with Gasteiger partial charge in [-0.3, -0.25) is 4.79 Å². The Kier molecular flexibility index (Phi) is 5.61. The van der Waals surface area contributed by atoms with Crippen LogP contribution in [0, 0.1) is 11.6 Å². The molecule has 116 valence electrons. The summed E-state index contributed by atoms with van der Waals surface area (Å²) in [6.07, 6.45) is 0.502. The second kappa shape index (κ2) is 7.66. The van der Waals surface area contributed by atoms with Gasteiger partial charge in [0.2, 0.25) is 0 Å². The number of carbonyl (C=O) groups is 1. The van der Waals surface area contributed by atoms with E-state index in [0.717, 1.165) is 17.7 Å². The highest BCUT2D eigenvalue weighted by molar-refractivity contribution is 5.94. The first kappa shape index (κ1) is 16.1. The zero-order valence-electron chi connectivity index (χ0n) is 11.9. The normalized spacial score (nSPS) is 12.0. The molecule has 5 heteroatoms. The molecule has 0 saturated carbocycles. The number of halogens is 2. The molecule has 1 unspecified atom stereocenters. The van der Waals surface area contributed by atoms with Crippen molar-refractivity contribution in [2.75, 3.05) is 13.2 Å². The van der Waals surface area contributed by atoms with Crippen LogP contribution in [0.4, 0.5) is 8.78 Å². The molecule has 0 fully saturated rings. The number of aliphatic hydroxyl groups excluding tert-OH is 1. The van der Waals surface area contributed by atoms with Gasteiger partial charge < -0.3 is 10.4 Å². The van der Waals surface area contributed by atoms with Crippen LogP contribution in [0.25, 0.3) is 0 Å². The van der Waals surface area contributed by atoms with Gasteiger partial charge in [-0.2, -0.15) is 0 Å². The molecule has 2 N–H and O–H groups in total. The Bertz CT molecular complexity index is 632. The van der Waals surface area contributed by atoms with Crippen LogP contribution in [0.3, 0.4) is 0 Å². The number of nitrogens with one attached hydrogen (secondary N) is 1. The topological polar surface area (TPSA) is 49.3 Å². The van der Waals surface area contributed by atoms with Crippen molar-refractivity contribution in [3.63, 3.8) is 0 Å². The van der Waals surface area contributed by atoms with E-state index in [1.807, 2.05) is 30.3 Å². The molecule has 0 aliphatic rings. The number of hydrogen-bond acceptors (Lipinski definition) is 2. The highest BCUT2D eigenvalue weighted by Crippen LogP contribution is 2.18. The molecular formula is C17H17F2NO2. The first-order chi connectivity index (χ1) is 10.6. The van der Waals surface area contributed by atoms with Crippen LogP contribution >= 0.6 is 0 Å². The molecule has 2 aromatic carbocycles. The summed E-state index contributed by atoms with van der Waals surface area (Å²) in [5.74, 6) is -2.56. The van der Waals surface area contributed by atoms with E-state index in [-0.39, 0.29) is 18.1 Å². The van der Waals surface area contributed by atoms with Crippen LogP contribution in [-0.4, -0.2) is 24.2 Å². The summed E-state index contributed by atoms with van der Waals surface area (Å²) in [5, 5.41) is 11.8. The second-order valence-corrected chi connectivity index (χ2v) is 4.96. The van der Waals surface area contributed by atoms with Gasteiger partial charge in [-0.05, 0) is 30.2 Å².